The summed E-state index contributed by atoms with van der Waals surface area (Å²) in [6, 6.07) is 5.76. The minimum Gasteiger partial charge on any atom is -0.462 e. The number of hydrogen-bond donors (Lipinski definition) is 1. The molecule has 0 bridgehead atoms. The van der Waals surface area contributed by atoms with Gasteiger partial charge < -0.3 is 9.47 Å². The molecule has 1 N–H and O–H groups in total. The van der Waals surface area contributed by atoms with E-state index in [1.54, 1.807) is 6.92 Å². The first-order valence-corrected chi connectivity index (χ1v) is 10.4. The predicted octanol–water partition coefficient (Wildman–Crippen LogP) is 1.64. The van der Waals surface area contributed by atoms with Crippen LogP contribution >= 0.6 is 0 Å². The molecule has 1 aliphatic heterocycles. The maximum atomic E-state index is 12.3. The summed E-state index contributed by atoms with van der Waals surface area (Å²) in [6.07, 6.45) is 1.13. The van der Waals surface area contributed by atoms with Gasteiger partial charge in [-0.2, -0.15) is 0 Å². The molecule has 8 heteroatoms. The zero-order valence-electron chi connectivity index (χ0n) is 15.6. The molecule has 2 rings (SSSR count). The maximum Gasteiger partial charge on any atom is 0.338 e. The summed E-state index contributed by atoms with van der Waals surface area (Å²) in [4.78, 5) is 14.0. The summed E-state index contributed by atoms with van der Waals surface area (Å²) in [6.45, 7) is 9.01. The highest BCUT2D eigenvalue weighted by atomic mass is 32.2. The second kappa shape index (κ2) is 9.45. The van der Waals surface area contributed by atoms with Gasteiger partial charge in [0.05, 0.1) is 29.3 Å². The van der Waals surface area contributed by atoms with E-state index in [1.807, 2.05) is 13.8 Å². The smallest absolute Gasteiger partial charge is 0.338 e. The maximum absolute atomic E-state index is 12.3. The molecule has 0 amide bonds. The van der Waals surface area contributed by atoms with Gasteiger partial charge >= 0.3 is 5.97 Å². The lowest BCUT2D eigenvalue weighted by molar-refractivity contribution is -0.0679. The molecule has 146 valence electrons. The molecule has 1 fully saturated rings. The molecule has 1 aliphatic rings. The fourth-order valence-electron chi connectivity index (χ4n) is 3.04. The minimum atomic E-state index is -3.58. The molecule has 7 nitrogen and oxygen atoms in total. The summed E-state index contributed by atoms with van der Waals surface area (Å²) >= 11 is 0. The van der Waals surface area contributed by atoms with Crippen LogP contribution in [0.15, 0.2) is 29.2 Å². The Morgan fingerprint density at radius 2 is 1.85 bits per heavy atom. The van der Waals surface area contributed by atoms with Gasteiger partial charge in [0.25, 0.3) is 0 Å². The number of sulfonamides is 1. The van der Waals surface area contributed by atoms with E-state index in [2.05, 4.69) is 9.62 Å². The summed E-state index contributed by atoms with van der Waals surface area (Å²) < 4.78 is 37.9. The van der Waals surface area contributed by atoms with Crippen molar-refractivity contribution < 1.29 is 22.7 Å². The molecule has 26 heavy (non-hydrogen) atoms. The fourth-order valence-corrected chi connectivity index (χ4v) is 4.12. The van der Waals surface area contributed by atoms with Crippen LogP contribution in [0, 0.1) is 0 Å². The molecular formula is C18H28N2O5S. The lowest BCUT2D eigenvalue weighted by Gasteiger charge is -2.35. The van der Waals surface area contributed by atoms with Gasteiger partial charge in [0.15, 0.2) is 0 Å². The highest BCUT2D eigenvalue weighted by molar-refractivity contribution is 7.89. The lowest BCUT2D eigenvalue weighted by Crippen LogP contribution is -2.46. The molecule has 1 aromatic rings. The van der Waals surface area contributed by atoms with E-state index in [-0.39, 0.29) is 23.7 Å². The highest BCUT2D eigenvalue weighted by Crippen LogP contribution is 2.13. The van der Waals surface area contributed by atoms with E-state index in [0.717, 1.165) is 26.1 Å². The fraction of sp³-hybridized carbons (Fsp3) is 0.611. The molecule has 1 heterocycles. The van der Waals surface area contributed by atoms with Crippen molar-refractivity contribution in [2.45, 2.75) is 44.3 Å². The van der Waals surface area contributed by atoms with E-state index < -0.39 is 16.0 Å². The van der Waals surface area contributed by atoms with Gasteiger partial charge in [0.2, 0.25) is 10.0 Å². The average molecular weight is 384 g/mol. The Hall–Kier alpha value is -1.48. The summed E-state index contributed by atoms with van der Waals surface area (Å²) in [5.41, 5.74) is 0.335. The normalized spacial score (nSPS) is 21.5. The number of carbonyl (C=O) groups is 1. The van der Waals surface area contributed by atoms with Crippen molar-refractivity contribution in [1.82, 2.24) is 9.62 Å². The van der Waals surface area contributed by atoms with Crippen molar-refractivity contribution in [3.05, 3.63) is 29.8 Å². The number of nitrogens with one attached hydrogen (secondary N) is 1. The zero-order valence-corrected chi connectivity index (χ0v) is 16.4. The van der Waals surface area contributed by atoms with E-state index >= 15 is 0 Å². The van der Waals surface area contributed by atoms with Crippen molar-refractivity contribution in [3.8, 4) is 0 Å². The second-order valence-corrected chi connectivity index (χ2v) is 8.28. The van der Waals surface area contributed by atoms with Crippen LogP contribution in [0.1, 0.15) is 37.6 Å². The lowest BCUT2D eigenvalue weighted by atomic mass is 10.2. The molecule has 0 saturated carbocycles. The Morgan fingerprint density at radius 1 is 1.23 bits per heavy atom. The number of benzene rings is 1. The second-order valence-electron chi connectivity index (χ2n) is 6.51. The molecular weight excluding hydrogens is 356 g/mol. The number of esters is 1. The molecule has 0 spiro atoms. The van der Waals surface area contributed by atoms with E-state index in [9.17, 15) is 13.2 Å². The first-order valence-electron chi connectivity index (χ1n) is 8.96. The molecule has 2 atom stereocenters. The van der Waals surface area contributed by atoms with Gasteiger partial charge in [0, 0.05) is 19.6 Å². The van der Waals surface area contributed by atoms with Crippen molar-refractivity contribution in [2.24, 2.45) is 0 Å². The zero-order chi connectivity index (χ0) is 19.2. The Morgan fingerprint density at radius 3 is 2.42 bits per heavy atom. The SMILES string of the molecule is CCOC(=O)c1ccc(S(=O)(=O)NCCCN2CC(C)OC(C)C2)cc1. The average Bonchev–Trinajstić information content (AvgIpc) is 2.58. The van der Waals surface area contributed by atoms with Crippen molar-refractivity contribution in [1.29, 1.82) is 0 Å². The van der Waals surface area contributed by atoms with Crippen molar-refractivity contribution in [3.63, 3.8) is 0 Å². The van der Waals surface area contributed by atoms with Gasteiger partial charge in [-0.1, -0.05) is 0 Å². The largest absolute Gasteiger partial charge is 0.462 e. The number of morpholine rings is 1. The van der Waals surface area contributed by atoms with Crippen LogP contribution in [0.25, 0.3) is 0 Å². The summed E-state index contributed by atoms with van der Waals surface area (Å²) in [5.74, 6) is -0.460. The van der Waals surface area contributed by atoms with Crippen LogP contribution in [0.3, 0.4) is 0 Å². The number of hydrogen-bond acceptors (Lipinski definition) is 6. The van der Waals surface area contributed by atoms with Gasteiger partial charge in [-0.15, -0.1) is 0 Å². The Bertz CT molecular complexity index is 680. The number of rotatable bonds is 8. The topological polar surface area (TPSA) is 84.9 Å². The Balaban J connectivity index is 1.82. The quantitative estimate of drug-likeness (QED) is 0.542. The third-order valence-electron chi connectivity index (χ3n) is 4.11. The van der Waals surface area contributed by atoms with Crippen molar-refractivity contribution >= 4 is 16.0 Å². The van der Waals surface area contributed by atoms with Crippen LogP contribution in [0.5, 0.6) is 0 Å². The van der Waals surface area contributed by atoms with E-state index in [0.29, 0.717) is 12.1 Å². The van der Waals surface area contributed by atoms with E-state index in [4.69, 9.17) is 9.47 Å². The molecule has 1 aromatic carbocycles. The first-order chi connectivity index (χ1) is 12.3. The predicted molar refractivity (Wildman–Crippen MR) is 98.7 cm³/mol. The number of ether oxygens (including phenoxy) is 2. The number of nitrogens with zero attached hydrogens (tertiary/aromatic N) is 1. The number of carbonyl (C=O) groups excluding carboxylic acids is 1. The van der Waals surface area contributed by atoms with Gasteiger partial charge in [-0.25, -0.2) is 17.9 Å². The third kappa shape index (κ3) is 6.05. The van der Waals surface area contributed by atoms with Crippen LogP contribution in [-0.4, -0.2) is 64.3 Å². The monoisotopic (exact) mass is 384 g/mol. The summed E-state index contributed by atoms with van der Waals surface area (Å²) in [7, 11) is -3.58. The highest BCUT2D eigenvalue weighted by Gasteiger charge is 2.22. The van der Waals surface area contributed by atoms with Gasteiger partial charge in [-0.05, 0) is 58.0 Å². The minimum absolute atomic E-state index is 0.138. The standard InChI is InChI=1S/C18H28N2O5S/c1-4-24-18(21)16-6-8-17(9-7-16)26(22,23)19-10-5-11-20-12-14(2)25-15(3)13-20/h6-9,14-15,19H,4-5,10-13H2,1-3H3. The van der Waals surface area contributed by atoms with Crippen LogP contribution in [0.2, 0.25) is 0 Å². The molecule has 0 aliphatic carbocycles. The van der Waals surface area contributed by atoms with Gasteiger partial charge in [0.1, 0.15) is 0 Å². The van der Waals surface area contributed by atoms with Crippen LogP contribution in [0.4, 0.5) is 0 Å². The molecule has 0 radical (unpaired) electrons. The summed E-state index contributed by atoms with van der Waals surface area (Å²) in [5, 5.41) is 0. The Kier molecular flexibility index (Phi) is 7.57. The van der Waals surface area contributed by atoms with Crippen molar-refractivity contribution in [2.75, 3.05) is 32.8 Å². The first kappa shape index (κ1) is 20.8. The molecule has 2 unspecified atom stereocenters. The van der Waals surface area contributed by atoms with E-state index in [1.165, 1.54) is 24.3 Å². The van der Waals surface area contributed by atoms with Crippen LogP contribution < -0.4 is 4.72 Å². The molecule has 1 saturated heterocycles. The molecule has 0 aromatic heterocycles. The van der Waals surface area contributed by atoms with Crippen LogP contribution in [-0.2, 0) is 19.5 Å². The third-order valence-corrected chi connectivity index (χ3v) is 5.59. The van der Waals surface area contributed by atoms with Gasteiger partial charge in [-0.3, -0.25) is 4.90 Å². The Labute approximate surface area is 155 Å².